The predicted octanol–water partition coefficient (Wildman–Crippen LogP) is 2.75. The van der Waals surface area contributed by atoms with Gasteiger partial charge in [0.05, 0.1) is 20.2 Å². The summed E-state index contributed by atoms with van der Waals surface area (Å²) in [7, 11) is 1.65. The van der Waals surface area contributed by atoms with Crippen molar-refractivity contribution >= 4 is 5.96 Å². The number of rotatable bonds is 8. The minimum Gasteiger partial charge on any atom is -0.497 e. The first-order chi connectivity index (χ1) is 14.5. The van der Waals surface area contributed by atoms with Crippen LogP contribution in [0, 0.1) is 0 Å². The first kappa shape index (κ1) is 21.9. The van der Waals surface area contributed by atoms with Crippen LogP contribution < -0.4 is 20.1 Å². The molecule has 1 aromatic carbocycles. The van der Waals surface area contributed by atoms with E-state index < -0.39 is 0 Å². The van der Waals surface area contributed by atoms with Crippen LogP contribution in [0.4, 0.5) is 0 Å². The van der Waals surface area contributed by atoms with Gasteiger partial charge in [0.15, 0.2) is 11.8 Å². The number of aliphatic imine (C=N–C) groups is 1. The quantitative estimate of drug-likeness (QED) is 0.510. The van der Waals surface area contributed by atoms with Gasteiger partial charge in [-0.15, -0.1) is 0 Å². The van der Waals surface area contributed by atoms with Gasteiger partial charge in [-0.1, -0.05) is 13.8 Å². The molecule has 0 bridgehead atoms. The molecule has 0 saturated heterocycles. The minimum absolute atomic E-state index is 0.0456. The number of benzene rings is 1. The highest BCUT2D eigenvalue weighted by molar-refractivity contribution is 5.80. The van der Waals surface area contributed by atoms with E-state index in [0.717, 1.165) is 55.0 Å². The molecule has 1 aliphatic heterocycles. The van der Waals surface area contributed by atoms with Gasteiger partial charge in [0, 0.05) is 24.9 Å². The van der Waals surface area contributed by atoms with Crippen LogP contribution in [0.1, 0.15) is 51.7 Å². The molecule has 0 radical (unpaired) electrons. The summed E-state index contributed by atoms with van der Waals surface area (Å²) in [6.45, 7) is 10.5. The largest absolute Gasteiger partial charge is 0.497 e. The van der Waals surface area contributed by atoms with Crippen LogP contribution >= 0.6 is 0 Å². The second-order valence-electron chi connectivity index (χ2n) is 7.93. The van der Waals surface area contributed by atoms with Crippen LogP contribution in [0.15, 0.2) is 29.3 Å². The molecule has 30 heavy (non-hydrogen) atoms. The van der Waals surface area contributed by atoms with E-state index in [4.69, 9.17) is 14.5 Å². The minimum atomic E-state index is -0.0456. The van der Waals surface area contributed by atoms with Gasteiger partial charge in [-0.25, -0.2) is 14.7 Å². The molecule has 0 amide bonds. The summed E-state index contributed by atoms with van der Waals surface area (Å²) < 4.78 is 13.2. The zero-order chi connectivity index (χ0) is 21.5. The Morgan fingerprint density at radius 3 is 2.63 bits per heavy atom. The van der Waals surface area contributed by atoms with Crippen molar-refractivity contribution in [2.24, 2.45) is 4.99 Å². The third-order valence-corrected chi connectivity index (χ3v) is 4.98. The molecule has 2 heterocycles. The number of nitrogens with zero attached hydrogens (tertiary/aromatic N) is 4. The SMILES string of the molecule is CCNC(=NCC(C)Oc1ccc(OC)cc1)NC1CCc2nc(C(C)C)nn2C1. The van der Waals surface area contributed by atoms with Crippen molar-refractivity contribution in [1.82, 2.24) is 25.4 Å². The van der Waals surface area contributed by atoms with Crippen LogP contribution in [-0.2, 0) is 13.0 Å². The highest BCUT2D eigenvalue weighted by Crippen LogP contribution is 2.19. The molecule has 164 valence electrons. The molecule has 3 rings (SSSR count). The van der Waals surface area contributed by atoms with E-state index in [0.29, 0.717) is 12.5 Å². The molecule has 1 aliphatic rings. The fourth-order valence-electron chi connectivity index (χ4n) is 3.35. The predicted molar refractivity (Wildman–Crippen MR) is 118 cm³/mol. The van der Waals surface area contributed by atoms with Crippen LogP contribution in [0.25, 0.3) is 0 Å². The molecule has 1 aromatic heterocycles. The Labute approximate surface area is 179 Å². The lowest BCUT2D eigenvalue weighted by Crippen LogP contribution is -2.47. The van der Waals surface area contributed by atoms with Crippen LogP contribution in [-0.4, -0.2) is 53.1 Å². The number of methoxy groups -OCH3 is 1. The van der Waals surface area contributed by atoms with Crippen molar-refractivity contribution in [3.05, 3.63) is 35.9 Å². The zero-order valence-electron chi connectivity index (χ0n) is 18.7. The van der Waals surface area contributed by atoms with Crippen molar-refractivity contribution in [3.8, 4) is 11.5 Å². The fraction of sp³-hybridized carbons (Fsp3) is 0.591. The standard InChI is InChI=1S/C22H34N6O2/c1-6-23-22(24-13-16(4)30-19-10-8-18(29-5)9-11-19)25-17-7-12-20-26-21(15(2)3)27-28(20)14-17/h8-11,15-17H,6-7,12-14H2,1-5H3,(H2,23,24,25). The van der Waals surface area contributed by atoms with Gasteiger partial charge >= 0.3 is 0 Å². The summed E-state index contributed by atoms with van der Waals surface area (Å²) in [5.74, 6) is 4.79. The maximum atomic E-state index is 5.96. The number of guanidine groups is 1. The van der Waals surface area contributed by atoms with E-state index >= 15 is 0 Å². The summed E-state index contributed by atoms with van der Waals surface area (Å²) in [5, 5.41) is 11.5. The molecule has 0 spiro atoms. The van der Waals surface area contributed by atoms with E-state index in [-0.39, 0.29) is 12.1 Å². The Morgan fingerprint density at radius 1 is 1.23 bits per heavy atom. The average Bonchev–Trinajstić information content (AvgIpc) is 3.17. The summed E-state index contributed by atoms with van der Waals surface area (Å²) in [6, 6.07) is 7.87. The second-order valence-corrected chi connectivity index (χ2v) is 7.93. The first-order valence-electron chi connectivity index (χ1n) is 10.8. The third-order valence-electron chi connectivity index (χ3n) is 4.98. The molecule has 0 aliphatic carbocycles. The first-order valence-corrected chi connectivity index (χ1v) is 10.8. The molecule has 0 saturated carbocycles. The average molecular weight is 415 g/mol. The summed E-state index contributed by atoms with van der Waals surface area (Å²) >= 11 is 0. The van der Waals surface area contributed by atoms with E-state index in [1.54, 1.807) is 7.11 Å². The normalized spacial score (nSPS) is 17.4. The van der Waals surface area contributed by atoms with Gasteiger partial charge in [0.2, 0.25) is 0 Å². The lowest BCUT2D eigenvalue weighted by Gasteiger charge is -2.25. The van der Waals surface area contributed by atoms with Crippen LogP contribution in [0.5, 0.6) is 11.5 Å². The molecule has 2 N–H and O–H groups in total. The maximum Gasteiger partial charge on any atom is 0.191 e. The molecule has 8 nitrogen and oxygen atoms in total. The monoisotopic (exact) mass is 414 g/mol. The number of aromatic nitrogens is 3. The summed E-state index contributed by atoms with van der Waals surface area (Å²) in [4.78, 5) is 9.39. The Balaban J connectivity index is 1.55. The molecule has 2 unspecified atom stereocenters. The summed E-state index contributed by atoms with van der Waals surface area (Å²) in [6.07, 6.45) is 1.89. The maximum absolute atomic E-state index is 5.96. The topological polar surface area (TPSA) is 85.6 Å². The van der Waals surface area contributed by atoms with Crippen molar-refractivity contribution in [2.45, 2.75) is 65.1 Å². The Hall–Kier alpha value is -2.77. The van der Waals surface area contributed by atoms with Gasteiger partial charge in [0.1, 0.15) is 23.4 Å². The number of nitrogens with one attached hydrogen (secondary N) is 2. The van der Waals surface area contributed by atoms with Crippen molar-refractivity contribution in [2.75, 3.05) is 20.2 Å². The fourth-order valence-corrected chi connectivity index (χ4v) is 3.35. The van der Waals surface area contributed by atoms with E-state index in [2.05, 4.69) is 41.5 Å². The highest BCUT2D eigenvalue weighted by atomic mass is 16.5. The van der Waals surface area contributed by atoms with Gasteiger partial charge in [-0.2, -0.15) is 5.10 Å². The van der Waals surface area contributed by atoms with Crippen molar-refractivity contribution in [3.63, 3.8) is 0 Å². The second kappa shape index (κ2) is 10.3. The van der Waals surface area contributed by atoms with Gasteiger partial charge in [-0.05, 0) is 44.5 Å². The highest BCUT2D eigenvalue weighted by Gasteiger charge is 2.23. The lowest BCUT2D eigenvalue weighted by atomic mass is 10.1. The summed E-state index contributed by atoms with van der Waals surface area (Å²) in [5.41, 5.74) is 0. The third kappa shape index (κ3) is 5.87. The lowest BCUT2D eigenvalue weighted by molar-refractivity contribution is 0.230. The number of hydrogen-bond donors (Lipinski definition) is 2. The molecule has 2 atom stereocenters. The van der Waals surface area contributed by atoms with Crippen LogP contribution in [0.2, 0.25) is 0 Å². The molecule has 0 fully saturated rings. The number of hydrogen-bond acceptors (Lipinski definition) is 5. The van der Waals surface area contributed by atoms with Gasteiger partial charge in [0.25, 0.3) is 0 Å². The van der Waals surface area contributed by atoms with Gasteiger partial charge < -0.3 is 20.1 Å². The molecule has 8 heteroatoms. The molecular formula is C22H34N6O2. The Kier molecular flexibility index (Phi) is 7.54. The zero-order valence-corrected chi connectivity index (χ0v) is 18.7. The Morgan fingerprint density at radius 2 is 1.97 bits per heavy atom. The Bertz CT molecular complexity index is 831. The van der Waals surface area contributed by atoms with E-state index in [1.807, 2.05) is 35.9 Å². The number of ether oxygens (including phenoxy) is 2. The molecule has 2 aromatic rings. The van der Waals surface area contributed by atoms with Gasteiger partial charge in [-0.3, -0.25) is 0 Å². The number of fused-ring (bicyclic) bond motifs is 1. The smallest absolute Gasteiger partial charge is 0.191 e. The van der Waals surface area contributed by atoms with Crippen molar-refractivity contribution in [1.29, 1.82) is 0 Å². The van der Waals surface area contributed by atoms with Crippen LogP contribution in [0.3, 0.4) is 0 Å². The molecular weight excluding hydrogens is 380 g/mol. The van der Waals surface area contributed by atoms with E-state index in [9.17, 15) is 0 Å². The number of aryl methyl sites for hydroxylation is 1. The van der Waals surface area contributed by atoms with Crippen molar-refractivity contribution < 1.29 is 9.47 Å². The van der Waals surface area contributed by atoms with E-state index in [1.165, 1.54) is 0 Å².